The number of hydrogen-bond donors (Lipinski definition) is 2. The van der Waals surface area contributed by atoms with Crippen LogP contribution in [-0.4, -0.2) is 55.4 Å². The van der Waals surface area contributed by atoms with Gasteiger partial charge in [0.25, 0.3) is 11.5 Å². The highest BCUT2D eigenvalue weighted by Gasteiger charge is 2.29. The smallest absolute Gasteiger partial charge is 0.410 e. The molecule has 11 nitrogen and oxygen atoms in total. The molecule has 2 aromatic heterocycles. The molecule has 1 fully saturated rings. The first-order chi connectivity index (χ1) is 14.5. The number of nitrogens with one attached hydrogen (secondary N) is 1. The lowest BCUT2D eigenvalue weighted by Gasteiger charge is -2.34. The Bertz CT molecular complexity index is 1010. The van der Waals surface area contributed by atoms with Crippen LogP contribution >= 0.6 is 0 Å². The summed E-state index contributed by atoms with van der Waals surface area (Å²) >= 11 is 0. The average molecular weight is 433 g/mol. The molecule has 0 bridgehead atoms. The Morgan fingerprint density at radius 3 is 2.77 bits per heavy atom. The molecule has 1 unspecified atom stereocenters. The van der Waals surface area contributed by atoms with Gasteiger partial charge in [0, 0.05) is 26.6 Å². The summed E-state index contributed by atoms with van der Waals surface area (Å²) in [5.74, 6) is -1.12. The van der Waals surface area contributed by atoms with Gasteiger partial charge in [-0.3, -0.25) is 14.2 Å². The molecule has 0 saturated carbocycles. The maximum Gasteiger partial charge on any atom is 0.410 e. The number of hydrogen-bond acceptors (Lipinski definition) is 8. The number of aromatic nitrogens is 3. The molecule has 1 aliphatic rings. The van der Waals surface area contributed by atoms with Gasteiger partial charge in [-0.1, -0.05) is 5.16 Å². The van der Waals surface area contributed by atoms with Crippen molar-refractivity contribution in [1.82, 2.24) is 19.6 Å². The molecule has 1 saturated heterocycles. The van der Waals surface area contributed by atoms with Crippen LogP contribution in [0.3, 0.4) is 0 Å². The summed E-state index contributed by atoms with van der Waals surface area (Å²) in [6, 6.07) is 0. The van der Waals surface area contributed by atoms with Crippen molar-refractivity contribution in [3.63, 3.8) is 0 Å². The van der Waals surface area contributed by atoms with E-state index < -0.39 is 22.8 Å². The van der Waals surface area contributed by atoms with E-state index >= 15 is 0 Å². The van der Waals surface area contributed by atoms with Crippen molar-refractivity contribution in [2.45, 2.75) is 45.6 Å². The largest absolute Gasteiger partial charge is 0.501 e. The van der Waals surface area contributed by atoms with E-state index in [0.29, 0.717) is 25.3 Å². The van der Waals surface area contributed by atoms with E-state index in [1.54, 1.807) is 4.90 Å². The standard InChI is InChI=1S/C20H27N5O6/c1-20(2,3)31-19(29)25-7-5-6-12(10-25)8-14-23-15(16(26)18(28)24(14)4)17(27)22-13-9-21-30-11-13/h9,11-12,26H,5-8,10H2,1-4H3,(H,22,27). The predicted octanol–water partition coefficient (Wildman–Crippen LogP) is 1.92. The molecule has 2 N–H and O–H groups in total. The number of anilines is 1. The van der Waals surface area contributed by atoms with Gasteiger partial charge in [-0.25, -0.2) is 9.78 Å². The molecule has 0 aromatic carbocycles. The second-order valence-corrected chi connectivity index (χ2v) is 8.60. The topological polar surface area (TPSA) is 140 Å². The van der Waals surface area contributed by atoms with Crippen molar-refractivity contribution in [1.29, 1.82) is 0 Å². The first-order valence-corrected chi connectivity index (χ1v) is 10.0. The number of rotatable bonds is 4. The van der Waals surface area contributed by atoms with Gasteiger partial charge in [-0.2, -0.15) is 0 Å². The molecule has 11 heteroatoms. The fourth-order valence-corrected chi connectivity index (χ4v) is 3.41. The normalized spacial score (nSPS) is 16.8. The minimum Gasteiger partial charge on any atom is -0.501 e. The Morgan fingerprint density at radius 1 is 1.39 bits per heavy atom. The molecule has 1 aliphatic heterocycles. The van der Waals surface area contributed by atoms with Crippen molar-refractivity contribution in [3.8, 4) is 5.75 Å². The summed E-state index contributed by atoms with van der Waals surface area (Å²) in [6.07, 6.45) is 4.10. The van der Waals surface area contributed by atoms with E-state index in [0.717, 1.165) is 12.8 Å². The van der Waals surface area contributed by atoms with E-state index in [1.807, 2.05) is 20.8 Å². The average Bonchev–Trinajstić information content (AvgIpc) is 3.20. The molecule has 2 amide bonds. The molecule has 3 heterocycles. The number of piperidine rings is 1. The second-order valence-electron chi connectivity index (χ2n) is 8.60. The van der Waals surface area contributed by atoms with Gasteiger partial charge in [-0.05, 0) is 39.5 Å². The van der Waals surface area contributed by atoms with Crippen LogP contribution in [0.25, 0.3) is 0 Å². The maximum absolute atomic E-state index is 12.5. The first kappa shape index (κ1) is 22.3. The van der Waals surface area contributed by atoms with Gasteiger partial charge in [0.05, 0.1) is 6.20 Å². The SMILES string of the molecule is Cn1c(CC2CCCN(C(=O)OC(C)(C)C)C2)nc(C(=O)Nc2cnoc2)c(O)c1=O. The Balaban J connectivity index is 1.77. The minimum atomic E-state index is -0.751. The Morgan fingerprint density at radius 2 is 2.13 bits per heavy atom. The highest BCUT2D eigenvalue weighted by atomic mass is 16.6. The molecule has 3 rings (SSSR count). The Kier molecular flexibility index (Phi) is 6.32. The summed E-state index contributed by atoms with van der Waals surface area (Å²) in [4.78, 5) is 43.3. The zero-order chi connectivity index (χ0) is 22.8. The van der Waals surface area contributed by atoms with Gasteiger partial charge in [0.1, 0.15) is 23.4 Å². The van der Waals surface area contributed by atoms with Crippen molar-refractivity contribution < 1.29 is 24.0 Å². The van der Waals surface area contributed by atoms with Crippen LogP contribution in [0.1, 0.15) is 49.9 Å². The quantitative estimate of drug-likeness (QED) is 0.745. The molecule has 0 aliphatic carbocycles. The molecule has 2 aromatic rings. The highest BCUT2D eigenvalue weighted by molar-refractivity contribution is 6.04. The van der Waals surface area contributed by atoms with Crippen LogP contribution in [0.2, 0.25) is 0 Å². The van der Waals surface area contributed by atoms with Crippen molar-refractivity contribution >= 4 is 17.7 Å². The third-order valence-corrected chi connectivity index (χ3v) is 4.91. The summed E-state index contributed by atoms with van der Waals surface area (Å²) in [5.41, 5.74) is -1.41. The van der Waals surface area contributed by atoms with Gasteiger partial charge >= 0.3 is 6.09 Å². The summed E-state index contributed by atoms with van der Waals surface area (Å²) in [5, 5.41) is 16.1. The molecule has 31 heavy (non-hydrogen) atoms. The van der Waals surface area contributed by atoms with E-state index in [-0.39, 0.29) is 23.4 Å². The van der Waals surface area contributed by atoms with Crippen LogP contribution in [-0.2, 0) is 18.2 Å². The molecular weight excluding hydrogens is 406 g/mol. The number of nitrogens with zero attached hydrogens (tertiary/aromatic N) is 4. The number of carbonyl (C=O) groups is 2. The van der Waals surface area contributed by atoms with E-state index in [1.165, 1.54) is 24.1 Å². The monoisotopic (exact) mass is 433 g/mol. The number of amides is 2. The van der Waals surface area contributed by atoms with Crippen molar-refractivity contribution in [2.75, 3.05) is 18.4 Å². The zero-order valence-electron chi connectivity index (χ0n) is 18.0. The van der Waals surface area contributed by atoms with E-state index in [4.69, 9.17) is 4.74 Å². The maximum atomic E-state index is 12.5. The summed E-state index contributed by atoms with van der Waals surface area (Å²) in [7, 11) is 1.49. The zero-order valence-corrected chi connectivity index (χ0v) is 18.0. The third-order valence-electron chi connectivity index (χ3n) is 4.91. The fourth-order valence-electron chi connectivity index (χ4n) is 3.41. The lowest BCUT2D eigenvalue weighted by Crippen LogP contribution is -2.43. The lowest BCUT2D eigenvalue weighted by atomic mass is 9.94. The van der Waals surface area contributed by atoms with E-state index in [9.17, 15) is 19.5 Å². The van der Waals surface area contributed by atoms with E-state index in [2.05, 4.69) is 20.0 Å². The van der Waals surface area contributed by atoms with Crippen LogP contribution in [0.5, 0.6) is 5.75 Å². The molecule has 0 radical (unpaired) electrons. The first-order valence-electron chi connectivity index (χ1n) is 10.0. The third kappa shape index (κ3) is 5.41. The van der Waals surface area contributed by atoms with Gasteiger partial charge in [-0.15, -0.1) is 0 Å². The number of likely N-dealkylation sites (tertiary alicyclic amines) is 1. The van der Waals surface area contributed by atoms with Gasteiger partial charge in [0.15, 0.2) is 5.69 Å². The minimum absolute atomic E-state index is 0.0258. The van der Waals surface area contributed by atoms with Crippen LogP contribution < -0.4 is 10.9 Å². The molecule has 168 valence electrons. The number of aromatic hydroxyl groups is 1. The molecule has 1 atom stereocenters. The van der Waals surface area contributed by atoms with Crippen LogP contribution in [0.15, 0.2) is 21.8 Å². The van der Waals surface area contributed by atoms with Crippen LogP contribution in [0, 0.1) is 5.92 Å². The van der Waals surface area contributed by atoms with Crippen molar-refractivity contribution in [2.24, 2.45) is 13.0 Å². The fraction of sp³-hybridized carbons (Fsp3) is 0.550. The van der Waals surface area contributed by atoms with Gasteiger partial charge < -0.3 is 24.6 Å². The lowest BCUT2D eigenvalue weighted by molar-refractivity contribution is 0.0164. The molecule has 0 spiro atoms. The Labute approximate surface area is 179 Å². The number of carbonyl (C=O) groups excluding carboxylic acids is 2. The second kappa shape index (κ2) is 8.78. The number of ether oxygens (including phenoxy) is 1. The summed E-state index contributed by atoms with van der Waals surface area (Å²) in [6.45, 7) is 6.49. The van der Waals surface area contributed by atoms with Crippen LogP contribution in [0.4, 0.5) is 10.5 Å². The van der Waals surface area contributed by atoms with Crippen molar-refractivity contribution in [3.05, 3.63) is 34.3 Å². The highest BCUT2D eigenvalue weighted by Crippen LogP contribution is 2.23. The molecular formula is C20H27N5O6. The summed E-state index contributed by atoms with van der Waals surface area (Å²) < 4.78 is 11.3. The predicted molar refractivity (Wildman–Crippen MR) is 110 cm³/mol. The van der Waals surface area contributed by atoms with Gasteiger partial charge in [0.2, 0.25) is 5.75 Å². The Hall–Kier alpha value is -3.37.